The molecule has 1 aliphatic rings. The number of anilines is 1. The van der Waals surface area contributed by atoms with Crippen molar-refractivity contribution in [2.24, 2.45) is 0 Å². The number of nitrogen functional groups attached to an aromatic ring is 1. The first-order valence-corrected chi connectivity index (χ1v) is 6.47. The van der Waals surface area contributed by atoms with Crippen molar-refractivity contribution < 1.29 is 13.2 Å². The van der Waals surface area contributed by atoms with E-state index < -0.39 is 15.7 Å². The van der Waals surface area contributed by atoms with Gasteiger partial charge in [0.2, 0.25) is 11.8 Å². The second-order valence-corrected chi connectivity index (χ2v) is 5.84. The quantitative estimate of drug-likeness (QED) is 0.569. The zero-order valence-electron chi connectivity index (χ0n) is 8.30. The van der Waals surface area contributed by atoms with Gasteiger partial charge in [0.15, 0.2) is 9.84 Å². The summed E-state index contributed by atoms with van der Waals surface area (Å²) in [4.78, 5) is 15.2. The van der Waals surface area contributed by atoms with Crippen LogP contribution in [0.1, 0.15) is 17.0 Å². The van der Waals surface area contributed by atoms with Crippen LogP contribution >= 0.6 is 0 Å². The van der Waals surface area contributed by atoms with Crippen molar-refractivity contribution in [2.75, 3.05) is 17.2 Å². The lowest BCUT2D eigenvalue weighted by Gasteiger charge is -2.08. The normalized spacial score (nSPS) is 23.1. The lowest BCUT2D eigenvalue weighted by Crippen LogP contribution is -2.36. The molecule has 1 aromatic heterocycles. The van der Waals surface area contributed by atoms with Crippen LogP contribution in [0.15, 0.2) is 0 Å². The second kappa shape index (κ2) is 3.74. The predicted molar refractivity (Wildman–Crippen MR) is 55.3 cm³/mol. The number of aromatic nitrogens is 3. The van der Waals surface area contributed by atoms with Gasteiger partial charge >= 0.3 is 0 Å². The fourth-order valence-electron chi connectivity index (χ4n) is 1.54. The van der Waals surface area contributed by atoms with Gasteiger partial charge in [0.1, 0.15) is 0 Å². The molecule has 4 N–H and O–H groups in total. The highest BCUT2D eigenvalue weighted by Crippen LogP contribution is 2.11. The summed E-state index contributed by atoms with van der Waals surface area (Å²) in [5, 5.41) is 8.41. The largest absolute Gasteiger partial charge is 0.366 e. The van der Waals surface area contributed by atoms with Crippen molar-refractivity contribution in [3.05, 3.63) is 5.82 Å². The van der Waals surface area contributed by atoms with Crippen molar-refractivity contribution in [1.29, 1.82) is 0 Å². The van der Waals surface area contributed by atoms with E-state index in [0.29, 0.717) is 6.42 Å². The van der Waals surface area contributed by atoms with Gasteiger partial charge in [-0.05, 0) is 6.42 Å². The summed E-state index contributed by atoms with van der Waals surface area (Å²) in [5.41, 5.74) is 5.24. The molecular formula is C7H11N5O3S. The number of amides is 1. The molecule has 1 saturated heterocycles. The van der Waals surface area contributed by atoms with Crippen LogP contribution in [0.3, 0.4) is 0 Å². The van der Waals surface area contributed by atoms with Gasteiger partial charge in [0.25, 0.3) is 5.91 Å². The Morgan fingerprint density at radius 3 is 2.81 bits per heavy atom. The number of hydrogen-bond donors (Lipinski definition) is 3. The van der Waals surface area contributed by atoms with Crippen molar-refractivity contribution in [3.63, 3.8) is 0 Å². The van der Waals surface area contributed by atoms with Crippen LogP contribution in [0.5, 0.6) is 0 Å². The summed E-state index contributed by atoms with van der Waals surface area (Å²) < 4.78 is 22.3. The minimum atomic E-state index is -3.00. The Labute approximate surface area is 91.5 Å². The smallest absolute Gasteiger partial charge is 0.288 e. The molecule has 9 heteroatoms. The SMILES string of the molecule is Nc1n[nH]c(C(=O)NC2CCS(=O)(=O)C2)n1. The van der Waals surface area contributed by atoms with E-state index in [1.54, 1.807) is 0 Å². The number of nitrogens with one attached hydrogen (secondary N) is 2. The number of nitrogens with two attached hydrogens (primary N) is 1. The number of carbonyl (C=O) groups excluding carboxylic acids is 1. The topological polar surface area (TPSA) is 131 Å². The molecule has 1 fully saturated rings. The number of sulfone groups is 1. The summed E-state index contributed by atoms with van der Waals surface area (Å²) in [5.74, 6) is -0.448. The number of carbonyl (C=O) groups is 1. The van der Waals surface area contributed by atoms with Crippen molar-refractivity contribution in [3.8, 4) is 0 Å². The van der Waals surface area contributed by atoms with E-state index >= 15 is 0 Å². The van der Waals surface area contributed by atoms with Crippen LogP contribution in [-0.4, -0.2) is 47.1 Å². The third-order valence-corrected chi connectivity index (χ3v) is 4.05. The molecule has 16 heavy (non-hydrogen) atoms. The number of nitrogens with zero attached hydrogens (tertiary/aromatic N) is 2. The van der Waals surface area contributed by atoms with E-state index in [1.165, 1.54) is 0 Å². The third-order valence-electron chi connectivity index (χ3n) is 2.29. The van der Waals surface area contributed by atoms with E-state index in [1.807, 2.05) is 0 Å². The van der Waals surface area contributed by atoms with E-state index in [2.05, 4.69) is 20.5 Å². The Balaban J connectivity index is 1.99. The Morgan fingerprint density at radius 2 is 2.31 bits per heavy atom. The summed E-state index contributed by atoms with van der Waals surface area (Å²) in [6, 6.07) is -0.358. The van der Waals surface area contributed by atoms with Crippen LogP contribution in [0, 0.1) is 0 Å². The number of rotatable bonds is 2. The Bertz CT molecular complexity index is 508. The molecule has 8 nitrogen and oxygen atoms in total. The van der Waals surface area contributed by atoms with Crippen LogP contribution in [0.25, 0.3) is 0 Å². The maximum atomic E-state index is 11.5. The summed E-state index contributed by atoms with van der Waals surface area (Å²) in [7, 11) is -3.00. The molecule has 88 valence electrons. The summed E-state index contributed by atoms with van der Waals surface area (Å²) in [6.07, 6.45) is 0.428. The third kappa shape index (κ3) is 2.30. The first-order valence-electron chi connectivity index (χ1n) is 4.65. The number of aromatic amines is 1. The monoisotopic (exact) mass is 245 g/mol. The Hall–Kier alpha value is -1.64. The van der Waals surface area contributed by atoms with Crippen LogP contribution in [0.4, 0.5) is 5.95 Å². The zero-order valence-corrected chi connectivity index (χ0v) is 9.12. The molecule has 1 amide bonds. The molecule has 2 rings (SSSR count). The second-order valence-electron chi connectivity index (χ2n) is 3.62. The molecule has 0 aromatic carbocycles. The highest BCUT2D eigenvalue weighted by atomic mass is 32.2. The summed E-state index contributed by atoms with van der Waals surface area (Å²) in [6.45, 7) is 0. The maximum Gasteiger partial charge on any atom is 0.288 e. The molecule has 1 aromatic rings. The molecule has 2 heterocycles. The van der Waals surface area contributed by atoms with Crippen LogP contribution < -0.4 is 11.1 Å². The molecule has 0 aliphatic carbocycles. The average molecular weight is 245 g/mol. The Kier molecular flexibility index (Phi) is 2.54. The molecule has 1 aliphatic heterocycles. The van der Waals surface area contributed by atoms with E-state index in [-0.39, 0.29) is 29.3 Å². The summed E-state index contributed by atoms with van der Waals surface area (Å²) >= 11 is 0. The first kappa shape index (κ1) is 10.9. The number of hydrogen-bond acceptors (Lipinski definition) is 6. The molecule has 1 atom stereocenters. The molecule has 1 unspecified atom stereocenters. The average Bonchev–Trinajstić information content (AvgIpc) is 2.73. The van der Waals surface area contributed by atoms with Crippen LogP contribution in [-0.2, 0) is 9.84 Å². The highest BCUT2D eigenvalue weighted by Gasteiger charge is 2.29. The minimum absolute atomic E-state index is 0.0122. The molecule has 0 radical (unpaired) electrons. The van der Waals surface area contributed by atoms with Gasteiger partial charge in [-0.1, -0.05) is 0 Å². The van der Waals surface area contributed by atoms with Gasteiger partial charge < -0.3 is 11.1 Å². The van der Waals surface area contributed by atoms with Gasteiger partial charge in [-0.25, -0.2) is 8.42 Å². The van der Waals surface area contributed by atoms with Crippen LogP contribution in [0.2, 0.25) is 0 Å². The molecular weight excluding hydrogens is 234 g/mol. The lowest BCUT2D eigenvalue weighted by atomic mass is 10.2. The predicted octanol–water partition coefficient (Wildman–Crippen LogP) is -1.70. The van der Waals surface area contributed by atoms with Gasteiger partial charge in [0, 0.05) is 6.04 Å². The van der Waals surface area contributed by atoms with Gasteiger partial charge in [-0.15, -0.1) is 5.10 Å². The number of H-pyrrole nitrogens is 1. The molecule has 0 spiro atoms. The molecule has 0 saturated carbocycles. The Morgan fingerprint density at radius 1 is 1.56 bits per heavy atom. The maximum absolute atomic E-state index is 11.5. The standard InChI is InChI=1S/C7H11N5O3S/c8-7-10-5(11-12-7)6(13)9-4-1-2-16(14,15)3-4/h4H,1-3H2,(H,9,13)(H3,8,10,11,12). The lowest BCUT2D eigenvalue weighted by molar-refractivity contribution is 0.0931. The van der Waals surface area contributed by atoms with E-state index in [0.717, 1.165) is 0 Å². The zero-order chi connectivity index (χ0) is 11.8. The minimum Gasteiger partial charge on any atom is -0.366 e. The van der Waals surface area contributed by atoms with Crippen molar-refractivity contribution in [2.45, 2.75) is 12.5 Å². The van der Waals surface area contributed by atoms with Gasteiger partial charge in [-0.2, -0.15) is 4.98 Å². The fraction of sp³-hybridized carbons (Fsp3) is 0.571. The van der Waals surface area contributed by atoms with Crippen molar-refractivity contribution in [1.82, 2.24) is 20.5 Å². The van der Waals surface area contributed by atoms with E-state index in [4.69, 9.17) is 5.73 Å². The highest BCUT2D eigenvalue weighted by molar-refractivity contribution is 7.91. The molecule has 0 bridgehead atoms. The van der Waals surface area contributed by atoms with E-state index in [9.17, 15) is 13.2 Å². The fourth-order valence-corrected chi connectivity index (χ4v) is 3.21. The first-order chi connectivity index (χ1) is 7.46. The van der Waals surface area contributed by atoms with Crippen molar-refractivity contribution >= 4 is 21.7 Å². The van der Waals surface area contributed by atoms with Gasteiger partial charge in [0.05, 0.1) is 11.5 Å². The van der Waals surface area contributed by atoms with Gasteiger partial charge in [-0.3, -0.25) is 9.89 Å².